The monoisotopic (exact) mass is 255 g/mol. The van der Waals surface area contributed by atoms with Crippen molar-refractivity contribution < 1.29 is 13.9 Å². The first-order valence-corrected chi connectivity index (χ1v) is 5.19. The van der Waals surface area contributed by atoms with E-state index in [0.717, 1.165) is 0 Å². The highest BCUT2D eigenvalue weighted by Gasteiger charge is 2.28. The fourth-order valence-corrected chi connectivity index (χ4v) is 1.30. The Kier molecular flexibility index (Phi) is 3.47. The second kappa shape index (κ2) is 5.05. The zero-order valence-electron chi connectivity index (χ0n) is 9.29. The van der Waals surface area contributed by atoms with Crippen LogP contribution in [-0.2, 0) is 0 Å². The Labute approximate surface area is 101 Å². The van der Waals surface area contributed by atoms with E-state index in [4.69, 9.17) is 5.11 Å². The van der Waals surface area contributed by atoms with Crippen molar-refractivity contribution in [3.63, 3.8) is 0 Å². The first kappa shape index (κ1) is 12.4. The summed E-state index contributed by atoms with van der Waals surface area (Å²) in [6, 6.07) is 8.87. The Hall–Kier alpha value is -2.09. The lowest BCUT2D eigenvalue weighted by Gasteiger charge is -2.14. The third kappa shape index (κ3) is 2.77. The van der Waals surface area contributed by atoms with Crippen molar-refractivity contribution in [1.29, 1.82) is 0 Å². The van der Waals surface area contributed by atoms with Gasteiger partial charge in [0, 0.05) is 0 Å². The van der Waals surface area contributed by atoms with Gasteiger partial charge in [0.1, 0.15) is 6.61 Å². The maximum Gasteiger partial charge on any atom is 0.287 e. The molecule has 96 valence electrons. The van der Waals surface area contributed by atoms with Gasteiger partial charge in [-0.3, -0.25) is 0 Å². The van der Waals surface area contributed by atoms with Crippen LogP contribution in [0.3, 0.4) is 0 Å². The molecule has 0 aliphatic heterocycles. The average molecular weight is 255 g/mol. The minimum Gasteiger partial charge on any atom is -0.390 e. The lowest BCUT2D eigenvalue weighted by molar-refractivity contribution is -0.0374. The molecule has 0 radical (unpaired) electrons. The van der Waals surface area contributed by atoms with E-state index < -0.39 is 19.1 Å². The summed E-state index contributed by atoms with van der Waals surface area (Å²) in [5, 5.41) is 21.6. The first-order valence-electron chi connectivity index (χ1n) is 5.19. The maximum atomic E-state index is 12.9. The van der Waals surface area contributed by atoms with Gasteiger partial charge in [0.15, 0.2) is 0 Å². The molecule has 0 aliphatic carbocycles. The number of tetrazole rings is 1. The molecule has 0 spiro atoms. The number of benzene rings is 1. The Balaban J connectivity index is 2.14. The van der Waals surface area contributed by atoms with Crippen LogP contribution < -0.4 is 5.32 Å². The molecule has 0 unspecified atom stereocenters. The number of para-hydroxylation sites is 1. The molecule has 1 aromatic carbocycles. The predicted octanol–water partition coefficient (Wildman–Crippen LogP) is 0.702. The molecule has 1 heterocycles. The molecule has 0 saturated heterocycles. The molecule has 0 aliphatic rings. The van der Waals surface area contributed by atoms with Gasteiger partial charge in [0.25, 0.3) is 5.92 Å². The molecule has 0 atom stereocenters. The van der Waals surface area contributed by atoms with Gasteiger partial charge in [0.05, 0.1) is 12.2 Å². The Morgan fingerprint density at radius 3 is 2.67 bits per heavy atom. The number of nitrogens with one attached hydrogen (secondary N) is 1. The number of hydrogen-bond acceptors (Lipinski definition) is 5. The summed E-state index contributed by atoms with van der Waals surface area (Å²) in [5.41, 5.74) is 0.650. The maximum absolute atomic E-state index is 12.9. The molecule has 2 N–H and O–H groups in total. The predicted molar refractivity (Wildman–Crippen MR) is 59.7 cm³/mol. The zero-order valence-corrected chi connectivity index (χ0v) is 9.29. The quantitative estimate of drug-likeness (QED) is 0.822. The molecule has 0 bridgehead atoms. The summed E-state index contributed by atoms with van der Waals surface area (Å²) >= 11 is 0. The van der Waals surface area contributed by atoms with E-state index in [9.17, 15) is 8.78 Å². The molecular weight excluding hydrogens is 244 g/mol. The highest BCUT2D eigenvalue weighted by atomic mass is 19.3. The number of aromatic nitrogens is 4. The number of hydrogen-bond donors (Lipinski definition) is 2. The molecule has 0 saturated carbocycles. The number of halogens is 2. The van der Waals surface area contributed by atoms with E-state index in [0.29, 0.717) is 5.69 Å². The van der Waals surface area contributed by atoms with E-state index >= 15 is 0 Å². The van der Waals surface area contributed by atoms with E-state index in [1.165, 1.54) is 4.68 Å². The molecule has 8 heteroatoms. The number of rotatable bonds is 5. The van der Waals surface area contributed by atoms with Gasteiger partial charge in [-0.1, -0.05) is 23.3 Å². The average Bonchev–Trinajstić information content (AvgIpc) is 2.86. The van der Waals surface area contributed by atoms with Crippen LogP contribution in [0, 0.1) is 0 Å². The summed E-state index contributed by atoms with van der Waals surface area (Å²) in [6.45, 7) is -1.97. The number of nitrogens with zero attached hydrogens (tertiary/aromatic N) is 4. The lowest BCUT2D eigenvalue weighted by atomic mass is 10.3. The first-order chi connectivity index (χ1) is 8.62. The van der Waals surface area contributed by atoms with Gasteiger partial charge in [-0.05, 0) is 22.6 Å². The SMILES string of the molecule is OCC(F)(F)CNc1nnnn1-c1ccccc1. The second-order valence-electron chi connectivity index (χ2n) is 3.62. The topological polar surface area (TPSA) is 75.9 Å². The van der Waals surface area contributed by atoms with E-state index in [2.05, 4.69) is 20.8 Å². The van der Waals surface area contributed by atoms with Crippen molar-refractivity contribution in [3.05, 3.63) is 30.3 Å². The number of aliphatic hydroxyl groups is 1. The zero-order chi connectivity index (χ0) is 13.0. The van der Waals surface area contributed by atoms with Crippen molar-refractivity contribution >= 4 is 5.95 Å². The highest BCUT2D eigenvalue weighted by molar-refractivity contribution is 5.38. The van der Waals surface area contributed by atoms with Gasteiger partial charge in [-0.2, -0.15) is 4.68 Å². The molecule has 6 nitrogen and oxygen atoms in total. The lowest BCUT2D eigenvalue weighted by Crippen LogP contribution is -2.31. The standard InChI is InChI=1S/C10H11F2N5O/c11-10(12,7-18)6-13-9-14-15-16-17(9)8-4-2-1-3-5-8/h1-5,18H,6-7H2,(H,13,14,16). The number of aliphatic hydroxyl groups excluding tert-OH is 1. The van der Waals surface area contributed by atoms with Crippen molar-refractivity contribution in [1.82, 2.24) is 20.2 Å². The van der Waals surface area contributed by atoms with Crippen molar-refractivity contribution in [2.75, 3.05) is 18.5 Å². The minimum atomic E-state index is -3.21. The van der Waals surface area contributed by atoms with E-state index in [-0.39, 0.29) is 5.95 Å². The van der Waals surface area contributed by atoms with Crippen molar-refractivity contribution in [2.45, 2.75) is 5.92 Å². The molecular formula is C10H11F2N5O. The smallest absolute Gasteiger partial charge is 0.287 e. The van der Waals surface area contributed by atoms with Crippen LogP contribution in [0.5, 0.6) is 0 Å². The fraction of sp³-hybridized carbons (Fsp3) is 0.300. The van der Waals surface area contributed by atoms with E-state index in [1.807, 2.05) is 6.07 Å². The van der Waals surface area contributed by atoms with Crippen LogP contribution in [0.25, 0.3) is 5.69 Å². The molecule has 2 rings (SSSR count). The molecule has 2 aromatic rings. The van der Waals surface area contributed by atoms with Gasteiger partial charge in [-0.25, -0.2) is 8.78 Å². The Morgan fingerprint density at radius 2 is 2.00 bits per heavy atom. The van der Waals surface area contributed by atoms with Gasteiger partial charge in [-0.15, -0.1) is 0 Å². The summed E-state index contributed by atoms with van der Waals surface area (Å²) in [5.74, 6) is -3.12. The third-order valence-electron chi connectivity index (χ3n) is 2.21. The van der Waals surface area contributed by atoms with Gasteiger partial charge in [0.2, 0.25) is 5.95 Å². The van der Waals surface area contributed by atoms with Crippen molar-refractivity contribution in [2.24, 2.45) is 0 Å². The Morgan fingerprint density at radius 1 is 1.28 bits per heavy atom. The number of alkyl halides is 2. The van der Waals surface area contributed by atoms with Crippen molar-refractivity contribution in [3.8, 4) is 5.69 Å². The largest absolute Gasteiger partial charge is 0.390 e. The summed E-state index contributed by atoms with van der Waals surface area (Å²) in [7, 11) is 0. The molecule has 1 aromatic heterocycles. The van der Waals surface area contributed by atoms with E-state index in [1.54, 1.807) is 24.3 Å². The van der Waals surface area contributed by atoms with Crippen LogP contribution in [0.15, 0.2) is 30.3 Å². The van der Waals surface area contributed by atoms with Crippen LogP contribution >= 0.6 is 0 Å². The third-order valence-corrected chi connectivity index (χ3v) is 2.21. The van der Waals surface area contributed by atoms with Crippen LogP contribution in [0.2, 0.25) is 0 Å². The van der Waals surface area contributed by atoms with Crippen LogP contribution in [-0.4, -0.2) is 44.4 Å². The van der Waals surface area contributed by atoms with Gasteiger partial charge >= 0.3 is 0 Å². The molecule has 0 fully saturated rings. The highest BCUT2D eigenvalue weighted by Crippen LogP contribution is 2.15. The summed E-state index contributed by atoms with van der Waals surface area (Å²) in [4.78, 5) is 0. The Bertz CT molecular complexity index is 502. The van der Waals surface area contributed by atoms with Crippen LogP contribution in [0.1, 0.15) is 0 Å². The molecule has 18 heavy (non-hydrogen) atoms. The van der Waals surface area contributed by atoms with Crippen LogP contribution in [0.4, 0.5) is 14.7 Å². The minimum absolute atomic E-state index is 0.0920. The van der Waals surface area contributed by atoms with Gasteiger partial charge < -0.3 is 10.4 Å². The fourth-order valence-electron chi connectivity index (χ4n) is 1.30. The summed E-state index contributed by atoms with van der Waals surface area (Å²) in [6.07, 6.45) is 0. The molecule has 0 amide bonds. The summed E-state index contributed by atoms with van der Waals surface area (Å²) < 4.78 is 27.1. The normalized spacial score (nSPS) is 11.5. The second-order valence-corrected chi connectivity index (χ2v) is 3.62. The number of anilines is 1.